The summed E-state index contributed by atoms with van der Waals surface area (Å²) in [6.45, 7) is 3.61. The summed E-state index contributed by atoms with van der Waals surface area (Å²) in [7, 11) is 0. The van der Waals surface area contributed by atoms with Crippen molar-refractivity contribution in [1.29, 1.82) is 0 Å². The van der Waals surface area contributed by atoms with Crippen molar-refractivity contribution in [1.82, 2.24) is 9.97 Å². The lowest BCUT2D eigenvalue weighted by Crippen LogP contribution is -2.06. The fraction of sp³-hybridized carbons (Fsp3) is 0.154. The topological polar surface area (TPSA) is 63.1 Å². The maximum absolute atomic E-state index is 11.2. The van der Waals surface area contributed by atoms with Crippen LogP contribution in [-0.4, -0.2) is 21.0 Å². The first-order valence-corrected chi connectivity index (χ1v) is 5.22. The summed E-state index contributed by atoms with van der Waals surface area (Å²) in [5.41, 5.74) is 2.46. The van der Waals surface area contributed by atoms with Crippen molar-refractivity contribution in [2.75, 3.05) is 0 Å². The molecule has 0 aliphatic rings. The molecule has 0 saturated carbocycles. The first-order chi connectivity index (χ1) is 8.09. The lowest BCUT2D eigenvalue weighted by molar-refractivity contribution is 0.0691. The van der Waals surface area contributed by atoms with Crippen LogP contribution in [0.4, 0.5) is 0 Å². The van der Waals surface area contributed by atoms with E-state index in [0.717, 1.165) is 11.1 Å². The molecule has 2 rings (SSSR count). The van der Waals surface area contributed by atoms with Crippen LogP contribution in [-0.2, 0) is 0 Å². The number of nitrogens with zero attached hydrogens (tertiary/aromatic N) is 2. The normalized spacial score (nSPS) is 10.2. The molecule has 0 aliphatic heterocycles. The molecule has 86 valence electrons. The molecule has 0 amide bonds. The first kappa shape index (κ1) is 11.3. The Balaban J connectivity index is 2.68. The fourth-order valence-corrected chi connectivity index (χ4v) is 1.71. The predicted octanol–water partition coefficient (Wildman–Crippen LogP) is 2.46. The second-order valence-electron chi connectivity index (χ2n) is 3.80. The Kier molecular flexibility index (Phi) is 2.87. The van der Waals surface area contributed by atoms with Crippen LogP contribution in [0.15, 0.2) is 30.5 Å². The highest BCUT2D eigenvalue weighted by molar-refractivity contribution is 5.94. The number of hydrogen-bond acceptors (Lipinski definition) is 3. The van der Waals surface area contributed by atoms with Gasteiger partial charge in [0.15, 0.2) is 5.69 Å². The minimum absolute atomic E-state index is 0.0480. The average molecular weight is 228 g/mol. The summed E-state index contributed by atoms with van der Waals surface area (Å²) < 4.78 is 0. The molecule has 1 N–H and O–H groups in total. The summed E-state index contributed by atoms with van der Waals surface area (Å²) in [6.07, 6.45) is 1.56. The van der Waals surface area contributed by atoms with E-state index in [1.807, 2.05) is 31.2 Å². The van der Waals surface area contributed by atoms with Gasteiger partial charge >= 0.3 is 5.97 Å². The lowest BCUT2D eigenvalue weighted by Gasteiger charge is -2.08. The number of aromatic nitrogens is 2. The Morgan fingerprint density at radius 1 is 1.18 bits per heavy atom. The molecule has 17 heavy (non-hydrogen) atoms. The van der Waals surface area contributed by atoms with Crippen LogP contribution in [0.5, 0.6) is 0 Å². The van der Waals surface area contributed by atoms with E-state index >= 15 is 0 Å². The number of hydrogen-bond donors (Lipinski definition) is 1. The van der Waals surface area contributed by atoms with Crippen LogP contribution in [0.25, 0.3) is 11.1 Å². The fourth-order valence-electron chi connectivity index (χ4n) is 1.71. The van der Waals surface area contributed by atoms with Crippen molar-refractivity contribution >= 4 is 5.97 Å². The molecule has 0 fully saturated rings. The van der Waals surface area contributed by atoms with Gasteiger partial charge in [-0.3, -0.25) is 0 Å². The van der Waals surface area contributed by atoms with Gasteiger partial charge in [-0.15, -0.1) is 0 Å². The second-order valence-corrected chi connectivity index (χ2v) is 3.80. The van der Waals surface area contributed by atoms with Gasteiger partial charge in [0.2, 0.25) is 0 Å². The maximum Gasteiger partial charge on any atom is 0.355 e. The minimum Gasteiger partial charge on any atom is -0.476 e. The molecule has 2 aromatic rings. The summed E-state index contributed by atoms with van der Waals surface area (Å²) in [6, 6.07) is 7.58. The molecule has 1 heterocycles. The Morgan fingerprint density at radius 3 is 2.53 bits per heavy atom. The largest absolute Gasteiger partial charge is 0.476 e. The monoisotopic (exact) mass is 228 g/mol. The summed E-state index contributed by atoms with van der Waals surface area (Å²) in [4.78, 5) is 19.2. The van der Waals surface area contributed by atoms with Gasteiger partial charge in [-0.25, -0.2) is 14.8 Å². The van der Waals surface area contributed by atoms with Crippen molar-refractivity contribution < 1.29 is 9.90 Å². The van der Waals surface area contributed by atoms with Gasteiger partial charge in [0.05, 0.1) is 0 Å². The van der Waals surface area contributed by atoms with Crippen LogP contribution < -0.4 is 0 Å². The van der Waals surface area contributed by atoms with Crippen molar-refractivity contribution in [3.63, 3.8) is 0 Å². The molecule has 0 unspecified atom stereocenters. The van der Waals surface area contributed by atoms with E-state index in [0.29, 0.717) is 11.4 Å². The van der Waals surface area contributed by atoms with Gasteiger partial charge in [0.1, 0.15) is 5.82 Å². The highest BCUT2D eigenvalue weighted by Crippen LogP contribution is 2.25. The van der Waals surface area contributed by atoms with Crippen molar-refractivity contribution in [3.8, 4) is 11.1 Å². The minimum atomic E-state index is -1.03. The lowest BCUT2D eigenvalue weighted by atomic mass is 10.0. The van der Waals surface area contributed by atoms with E-state index in [1.54, 1.807) is 13.1 Å². The zero-order valence-electron chi connectivity index (χ0n) is 9.64. The van der Waals surface area contributed by atoms with Gasteiger partial charge in [-0.05, 0) is 25.0 Å². The van der Waals surface area contributed by atoms with Crippen LogP contribution in [0.2, 0.25) is 0 Å². The third-order valence-electron chi connectivity index (χ3n) is 2.55. The molecule has 0 saturated heterocycles. The van der Waals surface area contributed by atoms with E-state index in [4.69, 9.17) is 5.11 Å². The smallest absolute Gasteiger partial charge is 0.355 e. The summed E-state index contributed by atoms with van der Waals surface area (Å²) in [5, 5.41) is 9.15. The predicted molar refractivity (Wildman–Crippen MR) is 63.9 cm³/mol. The Morgan fingerprint density at radius 2 is 1.88 bits per heavy atom. The number of carbonyl (C=O) groups is 1. The molecule has 4 heteroatoms. The SMILES string of the molecule is Cc1ncc(-c2ccccc2C)c(C(=O)O)n1. The summed E-state index contributed by atoms with van der Waals surface area (Å²) in [5.74, 6) is -0.575. The highest BCUT2D eigenvalue weighted by atomic mass is 16.4. The molecule has 0 radical (unpaired) electrons. The number of aromatic carboxylic acids is 1. The van der Waals surface area contributed by atoms with Crippen LogP contribution in [0.3, 0.4) is 0 Å². The van der Waals surface area contributed by atoms with Gasteiger partial charge in [-0.2, -0.15) is 0 Å². The van der Waals surface area contributed by atoms with Crippen molar-refractivity contribution in [2.45, 2.75) is 13.8 Å². The maximum atomic E-state index is 11.2. The van der Waals surface area contributed by atoms with Gasteiger partial charge in [0, 0.05) is 11.8 Å². The Labute approximate surface area is 99.0 Å². The standard InChI is InChI=1S/C13H12N2O2/c1-8-5-3-4-6-10(8)11-7-14-9(2)15-12(11)13(16)17/h3-7H,1-2H3,(H,16,17). The molecule has 4 nitrogen and oxygen atoms in total. The Hall–Kier alpha value is -2.23. The highest BCUT2D eigenvalue weighted by Gasteiger charge is 2.15. The molecular weight excluding hydrogens is 216 g/mol. The number of aryl methyl sites for hydroxylation is 2. The number of carboxylic acid groups (broad SMARTS) is 1. The van der Waals surface area contributed by atoms with Gasteiger partial charge < -0.3 is 5.11 Å². The number of carboxylic acids is 1. The van der Waals surface area contributed by atoms with Crippen molar-refractivity contribution in [2.24, 2.45) is 0 Å². The molecule has 0 atom stereocenters. The van der Waals surface area contributed by atoms with Gasteiger partial charge in [0.25, 0.3) is 0 Å². The van der Waals surface area contributed by atoms with E-state index in [-0.39, 0.29) is 5.69 Å². The van der Waals surface area contributed by atoms with Crippen LogP contribution in [0.1, 0.15) is 21.9 Å². The van der Waals surface area contributed by atoms with Crippen molar-refractivity contribution in [3.05, 3.63) is 47.5 Å². The van der Waals surface area contributed by atoms with E-state index < -0.39 is 5.97 Å². The number of rotatable bonds is 2. The van der Waals surface area contributed by atoms with Crippen LogP contribution >= 0.6 is 0 Å². The quantitative estimate of drug-likeness (QED) is 0.857. The van der Waals surface area contributed by atoms with E-state index in [9.17, 15) is 4.79 Å². The third-order valence-corrected chi connectivity index (χ3v) is 2.55. The molecule has 0 aliphatic carbocycles. The zero-order valence-corrected chi connectivity index (χ0v) is 9.64. The molecule has 1 aromatic carbocycles. The van der Waals surface area contributed by atoms with Crippen LogP contribution in [0, 0.1) is 13.8 Å². The average Bonchev–Trinajstić information content (AvgIpc) is 2.30. The summed E-state index contributed by atoms with van der Waals surface area (Å²) >= 11 is 0. The van der Waals surface area contributed by atoms with E-state index in [1.165, 1.54) is 0 Å². The van der Waals surface area contributed by atoms with E-state index in [2.05, 4.69) is 9.97 Å². The molecular formula is C13H12N2O2. The molecule has 0 spiro atoms. The number of benzene rings is 1. The third kappa shape index (κ3) is 2.15. The van der Waals surface area contributed by atoms with Gasteiger partial charge in [-0.1, -0.05) is 24.3 Å². The first-order valence-electron chi connectivity index (χ1n) is 5.22. The molecule has 0 bridgehead atoms. The second kappa shape index (κ2) is 4.33. The molecule has 1 aromatic heterocycles. The Bertz CT molecular complexity index is 579. The zero-order chi connectivity index (χ0) is 12.4.